The van der Waals surface area contributed by atoms with Crippen LogP contribution >= 0.6 is 0 Å². The zero-order valence-electron chi connectivity index (χ0n) is 7.85. The molecule has 16 heavy (non-hydrogen) atoms. The summed E-state index contributed by atoms with van der Waals surface area (Å²) in [7, 11) is -4.71. The van der Waals surface area contributed by atoms with E-state index in [-0.39, 0.29) is 6.42 Å². The number of rotatable bonds is 3. The van der Waals surface area contributed by atoms with Gasteiger partial charge in [0.1, 0.15) is 6.10 Å². The molecule has 0 aliphatic carbocycles. The Hall–Kier alpha value is -0.780. The Balaban J connectivity index is 2.56. The molecule has 3 atom stereocenters. The number of aliphatic hydroxyl groups excluding tert-OH is 1. The number of carbonyl (C=O) groups excluding carboxylic acids is 1. The Morgan fingerprint density at radius 1 is 1.44 bits per heavy atom. The zero-order valence-corrected chi connectivity index (χ0v) is 8.66. The van der Waals surface area contributed by atoms with E-state index in [4.69, 9.17) is 14.5 Å². The molecule has 1 rings (SSSR count). The Labute approximate surface area is 90.4 Å². The quantitative estimate of drug-likeness (QED) is 0.308. The maximum Gasteiger partial charge on any atom is 0.397 e. The monoisotopic (exact) mass is 258 g/mol. The summed E-state index contributed by atoms with van der Waals surface area (Å²) < 4.78 is 37.9. The van der Waals surface area contributed by atoms with Gasteiger partial charge >= 0.3 is 16.4 Å². The summed E-state index contributed by atoms with van der Waals surface area (Å²) in [6, 6.07) is 0. The number of hydrogen-bond donors (Lipinski definition) is 3. The minimum Gasteiger partial charge on any atom is -0.390 e. The van der Waals surface area contributed by atoms with Gasteiger partial charge in [-0.1, -0.05) is 0 Å². The third-order valence-corrected chi connectivity index (χ3v) is 2.43. The van der Waals surface area contributed by atoms with Gasteiger partial charge in [-0.2, -0.15) is 13.7 Å². The van der Waals surface area contributed by atoms with Crippen LogP contribution in [0.3, 0.4) is 0 Å². The molecular weight excluding hydrogens is 248 g/mol. The minimum absolute atomic E-state index is 0.320. The molecule has 0 aromatic carbocycles. The van der Waals surface area contributed by atoms with Crippen LogP contribution in [0, 0.1) is 0 Å². The molecule has 1 saturated heterocycles. The Bertz CT molecular complexity index is 349. The molecule has 1 aliphatic heterocycles. The second kappa shape index (κ2) is 5.03. The van der Waals surface area contributed by atoms with E-state index in [1.165, 1.54) is 0 Å². The summed E-state index contributed by atoms with van der Waals surface area (Å²) in [5.74, 6) is -1.11. The van der Waals surface area contributed by atoms with E-state index in [9.17, 15) is 18.3 Å². The van der Waals surface area contributed by atoms with Crippen molar-refractivity contribution in [2.75, 3.05) is 6.61 Å². The van der Waals surface area contributed by atoms with E-state index < -0.39 is 41.3 Å². The number of aliphatic hydroxyl groups is 1. The van der Waals surface area contributed by atoms with Crippen molar-refractivity contribution >= 4 is 16.4 Å². The molecule has 0 radical (unpaired) electrons. The summed E-state index contributed by atoms with van der Waals surface area (Å²) in [5, 5.41) is 17.4. The maximum atomic E-state index is 10.8. The molecule has 1 fully saturated rings. The Kier molecular flexibility index (Phi) is 4.18. The van der Waals surface area contributed by atoms with Gasteiger partial charge in [-0.25, -0.2) is 8.98 Å². The average Bonchev–Trinajstić information content (AvgIpc) is 2.18. The standard InChI is InChI=1S/C6H10O9S/c7-3-1-4(6(8)14-9)13-2-5(3)15-16(10,11)12/h3-5,7,9H,1-2H2,(H,10,11,12)/t3-,4?,5?/m0/s1. The van der Waals surface area contributed by atoms with Crippen molar-refractivity contribution < 1.29 is 41.9 Å². The normalized spacial score (nSPS) is 31.1. The highest BCUT2D eigenvalue weighted by atomic mass is 32.3. The predicted molar refractivity (Wildman–Crippen MR) is 45.5 cm³/mol. The van der Waals surface area contributed by atoms with Crippen LogP contribution in [0.5, 0.6) is 0 Å². The highest BCUT2D eigenvalue weighted by Crippen LogP contribution is 2.19. The molecule has 0 bridgehead atoms. The van der Waals surface area contributed by atoms with Crippen molar-refractivity contribution in [3.8, 4) is 0 Å². The van der Waals surface area contributed by atoms with Crippen LogP contribution in [0.25, 0.3) is 0 Å². The van der Waals surface area contributed by atoms with Gasteiger partial charge in [-0.15, -0.1) is 0 Å². The molecule has 1 aliphatic rings. The van der Waals surface area contributed by atoms with Crippen LogP contribution in [0.15, 0.2) is 0 Å². The second-order valence-electron chi connectivity index (χ2n) is 3.10. The molecule has 2 unspecified atom stereocenters. The molecule has 0 spiro atoms. The van der Waals surface area contributed by atoms with Crippen molar-refractivity contribution in [2.45, 2.75) is 24.7 Å². The fourth-order valence-electron chi connectivity index (χ4n) is 1.23. The van der Waals surface area contributed by atoms with Gasteiger partial charge in [-0.3, -0.25) is 9.44 Å². The maximum absolute atomic E-state index is 10.8. The van der Waals surface area contributed by atoms with Crippen LogP contribution in [0.2, 0.25) is 0 Å². The summed E-state index contributed by atoms with van der Waals surface area (Å²) in [6.45, 7) is -0.444. The van der Waals surface area contributed by atoms with E-state index in [2.05, 4.69) is 9.07 Å². The summed E-state index contributed by atoms with van der Waals surface area (Å²) in [5.41, 5.74) is 0. The smallest absolute Gasteiger partial charge is 0.390 e. The van der Waals surface area contributed by atoms with E-state index in [0.29, 0.717) is 0 Å². The lowest BCUT2D eigenvalue weighted by Gasteiger charge is -2.30. The van der Waals surface area contributed by atoms with Gasteiger partial charge in [-0.05, 0) is 0 Å². The van der Waals surface area contributed by atoms with Gasteiger partial charge in [0.15, 0.2) is 6.10 Å². The van der Waals surface area contributed by atoms with Crippen molar-refractivity contribution in [3.63, 3.8) is 0 Å². The highest BCUT2D eigenvalue weighted by molar-refractivity contribution is 7.80. The third-order valence-electron chi connectivity index (χ3n) is 1.94. The fraction of sp³-hybridized carbons (Fsp3) is 0.833. The van der Waals surface area contributed by atoms with Gasteiger partial charge in [0.25, 0.3) is 0 Å². The predicted octanol–water partition coefficient (Wildman–Crippen LogP) is -1.66. The van der Waals surface area contributed by atoms with Crippen molar-refractivity contribution in [1.82, 2.24) is 0 Å². The van der Waals surface area contributed by atoms with Gasteiger partial charge < -0.3 is 9.84 Å². The number of carbonyl (C=O) groups is 1. The zero-order chi connectivity index (χ0) is 12.3. The lowest BCUT2D eigenvalue weighted by Crippen LogP contribution is -2.46. The molecule has 0 amide bonds. The largest absolute Gasteiger partial charge is 0.397 e. The summed E-state index contributed by atoms with van der Waals surface area (Å²) in [6.07, 6.45) is -4.18. The average molecular weight is 258 g/mol. The lowest BCUT2D eigenvalue weighted by atomic mass is 10.0. The first kappa shape index (κ1) is 13.3. The topological polar surface area (TPSA) is 140 Å². The molecule has 0 aromatic rings. The molecule has 0 saturated carbocycles. The highest BCUT2D eigenvalue weighted by Gasteiger charge is 2.37. The molecule has 10 heteroatoms. The van der Waals surface area contributed by atoms with Crippen LogP contribution in [-0.2, 0) is 29.0 Å². The van der Waals surface area contributed by atoms with E-state index in [1.54, 1.807) is 0 Å². The number of hydrogen-bond acceptors (Lipinski definition) is 8. The molecule has 3 N–H and O–H groups in total. The molecular formula is C6H10O9S. The molecule has 1 heterocycles. The fourth-order valence-corrected chi connectivity index (χ4v) is 1.73. The lowest BCUT2D eigenvalue weighted by molar-refractivity contribution is -0.250. The second-order valence-corrected chi connectivity index (χ2v) is 4.15. The van der Waals surface area contributed by atoms with Crippen LogP contribution < -0.4 is 0 Å². The van der Waals surface area contributed by atoms with Gasteiger partial charge in [0.2, 0.25) is 0 Å². The van der Waals surface area contributed by atoms with Gasteiger partial charge in [0.05, 0.1) is 12.7 Å². The summed E-state index contributed by atoms with van der Waals surface area (Å²) in [4.78, 5) is 14.2. The Morgan fingerprint density at radius 3 is 2.50 bits per heavy atom. The number of ether oxygens (including phenoxy) is 1. The first-order chi connectivity index (χ1) is 7.33. The van der Waals surface area contributed by atoms with Crippen molar-refractivity contribution in [3.05, 3.63) is 0 Å². The first-order valence-corrected chi connectivity index (χ1v) is 5.50. The first-order valence-electron chi connectivity index (χ1n) is 4.14. The van der Waals surface area contributed by atoms with Crippen LogP contribution in [0.4, 0.5) is 0 Å². The molecule has 94 valence electrons. The van der Waals surface area contributed by atoms with Crippen LogP contribution in [-0.4, -0.2) is 54.2 Å². The van der Waals surface area contributed by atoms with E-state index >= 15 is 0 Å². The van der Waals surface area contributed by atoms with E-state index in [0.717, 1.165) is 0 Å². The van der Waals surface area contributed by atoms with Crippen molar-refractivity contribution in [2.24, 2.45) is 0 Å². The molecule has 9 nitrogen and oxygen atoms in total. The summed E-state index contributed by atoms with van der Waals surface area (Å²) >= 11 is 0. The van der Waals surface area contributed by atoms with E-state index in [1.807, 2.05) is 0 Å². The third kappa shape index (κ3) is 3.66. The SMILES string of the molecule is O=C(OO)C1C[C@H](O)C(OS(=O)(=O)O)CO1. The van der Waals surface area contributed by atoms with Crippen molar-refractivity contribution in [1.29, 1.82) is 0 Å². The molecule has 0 aromatic heterocycles. The minimum atomic E-state index is -4.71. The van der Waals surface area contributed by atoms with Crippen LogP contribution in [0.1, 0.15) is 6.42 Å². The Morgan fingerprint density at radius 2 is 2.06 bits per heavy atom. The van der Waals surface area contributed by atoms with Gasteiger partial charge in [0, 0.05) is 6.42 Å².